The fourth-order valence-corrected chi connectivity index (χ4v) is 5.06. The molecule has 8 nitrogen and oxygen atoms in total. The van der Waals surface area contributed by atoms with Crippen molar-refractivity contribution >= 4 is 22.3 Å². The van der Waals surface area contributed by atoms with E-state index in [1.165, 1.54) is 11.1 Å². The van der Waals surface area contributed by atoms with Gasteiger partial charge in [-0.15, -0.1) is 0 Å². The Morgan fingerprint density at radius 3 is 2.82 bits per heavy atom. The maximum atomic E-state index is 6.05. The summed E-state index contributed by atoms with van der Waals surface area (Å²) in [5, 5.41) is 9.20. The molecule has 2 fully saturated rings. The maximum absolute atomic E-state index is 6.05. The van der Waals surface area contributed by atoms with E-state index in [4.69, 9.17) is 19.4 Å². The van der Waals surface area contributed by atoms with Gasteiger partial charge in [0.15, 0.2) is 6.23 Å². The van der Waals surface area contributed by atoms with Crippen LogP contribution in [0.4, 0.5) is 5.82 Å². The molecule has 3 aromatic heterocycles. The van der Waals surface area contributed by atoms with E-state index in [1.807, 2.05) is 23.1 Å². The Labute approximate surface area is 193 Å². The Morgan fingerprint density at radius 2 is 2.00 bits per heavy atom. The third kappa shape index (κ3) is 4.03. The lowest BCUT2D eigenvalue weighted by molar-refractivity contribution is -0.0383. The van der Waals surface area contributed by atoms with Gasteiger partial charge >= 0.3 is 0 Å². The van der Waals surface area contributed by atoms with Crippen molar-refractivity contribution < 1.29 is 9.47 Å². The van der Waals surface area contributed by atoms with Crippen molar-refractivity contribution in [2.24, 2.45) is 0 Å². The second-order valence-electron chi connectivity index (χ2n) is 8.85. The average molecular weight is 447 g/mol. The first kappa shape index (κ1) is 20.8. The molecular formula is C25H30N6O2. The van der Waals surface area contributed by atoms with Gasteiger partial charge in [0.25, 0.3) is 0 Å². The highest BCUT2D eigenvalue weighted by molar-refractivity contribution is 5.99. The quantitative estimate of drug-likeness (QED) is 0.658. The van der Waals surface area contributed by atoms with Crippen LogP contribution >= 0.6 is 0 Å². The monoisotopic (exact) mass is 446 g/mol. The highest BCUT2D eigenvalue weighted by Gasteiger charge is 2.24. The zero-order valence-electron chi connectivity index (χ0n) is 18.9. The van der Waals surface area contributed by atoms with Crippen LogP contribution in [-0.4, -0.2) is 65.7 Å². The fraction of sp³-hybridized carbons (Fsp3) is 0.480. The number of anilines is 1. The molecule has 3 aliphatic heterocycles. The van der Waals surface area contributed by atoms with Crippen LogP contribution in [-0.2, 0) is 9.47 Å². The number of hydrogen-bond donors (Lipinski definition) is 1. The van der Waals surface area contributed by atoms with Gasteiger partial charge in [0.2, 0.25) is 0 Å². The summed E-state index contributed by atoms with van der Waals surface area (Å²) in [5.74, 6) is 0.995. The first-order chi connectivity index (χ1) is 16.4. The third-order valence-electron chi connectivity index (χ3n) is 6.80. The van der Waals surface area contributed by atoms with Crippen molar-refractivity contribution in [1.82, 2.24) is 25.1 Å². The van der Waals surface area contributed by atoms with Gasteiger partial charge in [0, 0.05) is 44.0 Å². The van der Waals surface area contributed by atoms with Crippen LogP contribution in [0.1, 0.15) is 37.5 Å². The molecule has 3 aliphatic rings. The number of rotatable bonds is 4. The molecular weight excluding hydrogens is 416 g/mol. The third-order valence-corrected chi connectivity index (χ3v) is 6.80. The van der Waals surface area contributed by atoms with Crippen molar-refractivity contribution in [3.8, 4) is 11.4 Å². The summed E-state index contributed by atoms with van der Waals surface area (Å²) in [5.41, 5.74) is 5.38. The van der Waals surface area contributed by atoms with E-state index in [-0.39, 0.29) is 6.23 Å². The lowest BCUT2D eigenvalue weighted by Crippen LogP contribution is -2.36. The Hall–Kier alpha value is -2.81. The van der Waals surface area contributed by atoms with Gasteiger partial charge in [-0.2, -0.15) is 5.10 Å². The molecule has 33 heavy (non-hydrogen) atoms. The van der Waals surface area contributed by atoms with Crippen molar-refractivity contribution in [2.75, 3.05) is 50.9 Å². The Morgan fingerprint density at radius 1 is 1.06 bits per heavy atom. The van der Waals surface area contributed by atoms with Crippen LogP contribution in [0.3, 0.4) is 0 Å². The van der Waals surface area contributed by atoms with Gasteiger partial charge in [-0.25, -0.2) is 9.67 Å². The van der Waals surface area contributed by atoms with Gasteiger partial charge in [-0.3, -0.25) is 4.98 Å². The predicted molar refractivity (Wildman–Crippen MR) is 128 cm³/mol. The van der Waals surface area contributed by atoms with E-state index >= 15 is 0 Å². The van der Waals surface area contributed by atoms with E-state index < -0.39 is 0 Å². The van der Waals surface area contributed by atoms with Gasteiger partial charge in [0.1, 0.15) is 17.0 Å². The standard InChI is InChI=1S/C25H30N6O2/c1-2-14-33-23(3-1)31-21(7-11-28-31)25-24-19(6-10-27-25)20(18-4-8-26-9-5-18)17-22(29-24)30-12-15-32-16-13-30/h4,6-7,10-11,17,23,26H,1-3,5,8-9,12-16H2. The molecule has 0 radical (unpaired) electrons. The number of morpholine rings is 1. The van der Waals surface area contributed by atoms with Gasteiger partial charge in [-0.05, 0) is 61.6 Å². The molecule has 6 heterocycles. The minimum absolute atomic E-state index is 0.0465. The van der Waals surface area contributed by atoms with E-state index in [1.54, 1.807) is 0 Å². The summed E-state index contributed by atoms with van der Waals surface area (Å²) in [6.07, 6.45) is 10.2. The van der Waals surface area contributed by atoms with Crippen LogP contribution in [0.15, 0.2) is 36.7 Å². The Kier molecular flexibility index (Phi) is 5.80. The topological polar surface area (TPSA) is 77.3 Å². The number of pyridine rings is 2. The van der Waals surface area contributed by atoms with Crippen molar-refractivity contribution in [3.63, 3.8) is 0 Å². The molecule has 1 N–H and O–H groups in total. The molecule has 8 heteroatoms. The molecule has 3 aromatic rings. The number of fused-ring (bicyclic) bond motifs is 1. The molecule has 0 amide bonds. The summed E-state index contributed by atoms with van der Waals surface area (Å²) in [6.45, 7) is 5.82. The first-order valence-corrected chi connectivity index (χ1v) is 12.1. The van der Waals surface area contributed by atoms with Crippen molar-refractivity contribution in [2.45, 2.75) is 31.9 Å². The van der Waals surface area contributed by atoms with Crippen LogP contribution in [0.5, 0.6) is 0 Å². The molecule has 0 bridgehead atoms. The smallest absolute Gasteiger partial charge is 0.150 e. The summed E-state index contributed by atoms with van der Waals surface area (Å²) >= 11 is 0. The number of hydrogen-bond acceptors (Lipinski definition) is 7. The first-order valence-electron chi connectivity index (χ1n) is 12.1. The summed E-state index contributed by atoms with van der Waals surface area (Å²) in [4.78, 5) is 12.3. The maximum Gasteiger partial charge on any atom is 0.150 e. The molecule has 172 valence electrons. The predicted octanol–water partition coefficient (Wildman–Crippen LogP) is 3.41. The fourth-order valence-electron chi connectivity index (χ4n) is 5.06. The van der Waals surface area contributed by atoms with Crippen molar-refractivity contribution in [3.05, 3.63) is 42.2 Å². The summed E-state index contributed by atoms with van der Waals surface area (Å²) in [6, 6.07) is 6.40. The second kappa shape index (κ2) is 9.21. The van der Waals surface area contributed by atoms with Crippen LogP contribution in [0.25, 0.3) is 27.9 Å². The summed E-state index contributed by atoms with van der Waals surface area (Å²) in [7, 11) is 0. The lowest BCUT2D eigenvalue weighted by Gasteiger charge is -2.29. The molecule has 1 atom stereocenters. The molecule has 0 saturated carbocycles. The van der Waals surface area contributed by atoms with Crippen molar-refractivity contribution in [1.29, 1.82) is 0 Å². The van der Waals surface area contributed by atoms with Crippen LogP contribution < -0.4 is 10.2 Å². The molecule has 0 spiro atoms. The number of aromatic nitrogens is 4. The largest absolute Gasteiger partial charge is 0.378 e. The van der Waals surface area contributed by atoms with E-state index in [2.05, 4.69) is 33.5 Å². The van der Waals surface area contributed by atoms with Gasteiger partial charge in [0.05, 0.1) is 18.9 Å². The zero-order valence-corrected chi connectivity index (χ0v) is 18.9. The SMILES string of the molecule is C1=C(c2cc(N3CCOCC3)nc3c(-c4ccnn4C4CCCCO4)nccc23)CCNC1. The van der Waals surface area contributed by atoms with Crippen LogP contribution in [0.2, 0.25) is 0 Å². The molecule has 0 aromatic carbocycles. The van der Waals surface area contributed by atoms with E-state index in [9.17, 15) is 0 Å². The highest BCUT2D eigenvalue weighted by Crippen LogP contribution is 2.36. The lowest BCUT2D eigenvalue weighted by atomic mass is 9.96. The van der Waals surface area contributed by atoms with E-state index in [0.29, 0.717) is 0 Å². The van der Waals surface area contributed by atoms with Gasteiger partial charge < -0.3 is 19.7 Å². The highest BCUT2D eigenvalue weighted by atomic mass is 16.5. The van der Waals surface area contributed by atoms with Crippen LogP contribution in [0, 0.1) is 0 Å². The number of nitrogens with zero attached hydrogens (tertiary/aromatic N) is 5. The normalized spacial score (nSPS) is 21.9. The molecule has 6 rings (SSSR count). The number of ether oxygens (including phenoxy) is 2. The number of nitrogens with one attached hydrogen (secondary N) is 1. The minimum atomic E-state index is -0.0465. The van der Waals surface area contributed by atoms with E-state index in [0.717, 1.165) is 99.8 Å². The zero-order chi connectivity index (χ0) is 22.0. The Balaban J connectivity index is 1.52. The van der Waals surface area contributed by atoms with Gasteiger partial charge in [-0.1, -0.05) is 6.08 Å². The second-order valence-corrected chi connectivity index (χ2v) is 8.85. The Bertz CT molecular complexity index is 1160. The summed E-state index contributed by atoms with van der Waals surface area (Å²) < 4.78 is 13.6. The average Bonchev–Trinajstić information content (AvgIpc) is 3.39. The molecule has 1 unspecified atom stereocenters. The minimum Gasteiger partial charge on any atom is -0.378 e. The molecule has 0 aliphatic carbocycles. The molecule has 2 saturated heterocycles.